The van der Waals surface area contributed by atoms with Crippen LogP contribution in [0.1, 0.15) is 35.2 Å². The van der Waals surface area contributed by atoms with E-state index in [-0.39, 0.29) is 30.9 Å². The first-order chi connectivity index (χ1) is 12.8. The summed E-state index contributed by atoms with van der Waals surface area (Å²) in [5.74, 6) is -0.488. The summed E-state index contributed by atoms with van der Waals surface area (Å²) in [7, 11) is 0. The maximum atomic E-state index is 12.1. The fraction of sp³-hybridized carbons (Fsp3) is 0.333. The first-order valence-corrected chi connectivity index (χ1v) is 9.27. The van der Waals surface area contributed by atoms with Gasteiger partial charge in [-0.15, -0.1) is 0 Å². The summed E-state index contributed by atoms with van der Waals surface area (Å²) >= 11 is 5.98. The molecule has 0 unspecified atom stereocenters. The lowest BCUT2D eigenvalue weighted by Crippen LogP contribution is -2.39. The van der Waals surface area contributed by atoms with Crippen LogP contribution in [-0.4, -0.2) is 24.9 Å². The zero-order valence-corrected chi connectivity index (χ0v) is 16.9. The van der Waals surface area contributed by atoms with Gasteiger partial charge in [0.25, 0.3) is 0 Å². The smallest absolute Gasteiger partial charge is 0.243 e. The van der Waals surface area contributed by atoms with Crippen molar-refractivity contribution in [3.63, 3.8) is 0 Å². The first-order valence-electron chi connectivity index (χ1n) is 8.89. The van der Waals surface area contributed by atoms with Crippen LogP contribution in [0.3, 0.4) is 0 Å². The molecular weight excluding hydrogens is 362 g/mol. The third-order valence-electron chi connectivity index (χ3n) is 4.31. The third kappa shape index (κ3) is 6.38. The second-order valence-corrected chi connectivity index (χ2v) is 7.19. The Bertz CT molecular complexity index is 813. The van der Waals surface area contributed by atoms with E-state index in [2.05, 4.69) is 16.0 Å². The molecule has 0 heterocycles. The van der Waals surface area contributed by atoms with Gasteiger partial charge < -0.3 is 16.0 Å². The van der Waals surface area contributed by atoms with Crippen LogP contribution in [0.4, 0.5) is 5.69 Å². The minimum absolute atomic E-state index is 0.0267. The summed E-state index contributed by atoms with van der Waals surface area (Å²) in [5.41, 5.74) is 4.95. The van der Waals surface area contributed by atoms with Gasteiger partial charge in [-0.3, -0.25) is 9.59 Å². The molecule has 0 fully saturated rings. The Kier molecular flexibility index (Phi) is 7.39. The highest BCUT2D eigenvalue weighted by Gasteiger charge is 2.11. The van der Waals surface area contributed by atoms with Crippen molar-refractivity contribution in [2.24, 2.45) is 0 Å². The van der Waals surface area contributed by atoms with Crippen molar-refractivity contribution in [2.75, 3.05) is 18.4 Å². The standard InChI is InChI=1S/C21H26ClN3O2/c1-13-8-14(2)21(15(3)9-13)25-20(27)12-24-19(26)11-23-16(4)17-6-5-7-18(22)10-17/h5-10,16,23H,11-12H2,1-4H3,(H,24,26)(H,25,27)/t16-/m0/s1. The van der Waals surface area contributed by atoms with Crippen molar-refractivity contribution >= 4 is 29.1 Å². The number of hydrogen-bond donors (Lipinski definition) is 3. The molecule has 27 heavy (non-hydrogen) atoms. The number of amides is 2. The highest BCUT2D eigenvalue weighted by atomic mass is 35.5. The van der Waals surface area contributed by atoms with Crippen LogP contribution in [0.2, 0.25) is 5.02 Å². The molecule has 2 aromatic rings. The SMILES string of the molecule is Cc1cc(C)c(NC(=O)CNC(=O)CN[C@@H](C)c2cccc(Cl)c2)c(C)c1. The minimum atomic E-state index is -0.249. The van der Waals surface area contributed by atoms with Crippen molar-refractivity contribution in [3.8, 4) is 0 Å². The molecular formula is C21H26ClN3O2. The molecule has 2 rings (SSSR count). The fourth-order valence-corrected chi connectivity index (χ4v) is 3.14. The molecule has 0 radical (unpaired) electrons. The number of aryl methyl sites for hydroxylation is 3. The van der Waals surface area contributed by atoms with Gasteiger partial charge in [0.15, 0.2) is 0 Å². The van der Waals surface area contributed by atoms with E-state index in [0.29, 0.717) is 5.02 Å². The Morgan fingerprint density at radius 3 is 2.30 bits per heavy atom. The van der Waals surface area contributed by atoms with Crippen molar-refractivity contribution in [3.05, 3.63) is 63.7 Å². The molecule has 6 heteroatoms. The van der Waals surface area contributed by atoms with Crippen molar-refractivity contribution in [1.29, 1.82) is 0 Å². The first kappa shape index (κ1) is 20.9. The number of anilines is 1. The Labute approximate surface area is 165 Å². The second kappa shape index (κ2) is 9.53. The number of rotatable bonds is 7. The quantitative estimate of drug-likeness (QED) is 0.678. The van der Waals surface area contributed by atoms with E-state index in [9.17, 15) is 9.59 Å². The normalized spacial score (nSPS) is 11.7. The molecule has 0 saturated heterocycles. The number of carbonyl (C=O) groups excluding carboxylic acids is 2. The monoisotopic (exact) mass is 387 g/mol. The summed E-state index contributed by atoms with van der Waals surface area (Å²) in [4.78, 5) is 24.1. The molecule has 0 spiro atoms. The molecule has 2 amide bonds. The predicted octanol–water partition coefficient (Wildman–Crippen LogP) is 3.67. The molecule has 0 aliphatic carbocycles. The van der Waals surface area contributed by atoms with E-state index in [1.165, 1.54) is 0 Å². The number of nitrogens with one attached hydrogen (secondary N) is 3. The zero-order chi connectivity index (χ0) is 20.0. The van der Waals surface area contributed by atoms with Gasteiger partial charge in [0.05, 0.1) is 13.1 Å². The minimum Gasteiger partial charge on any atom is -0.346 e. The molecule has 2 aromatic carbocycles. The van der Waals surface area contributed by atoms with E-state index in [4.69, 9.17) is 11.6 Å². The summed E-state index contributed by atoms with van der Waals surface area (Å²) in [5, 5.41) is 9.28. The van der Waals surface area contributed by atoms with Crippen molar-refractivity contribution in [2.45, 2.75) is 33.7 Å². The maximum Gasteiger partial charge on any atom is 0.243 e. The van der Waals surface area contributed by atoms with Gasteiger partial charge in [-0.1, -0.05) is 41.4 Å². The molecule has 1 atom stereocenters. The Balaban J connectivity index is 1.79. The van der Waals surface area contributed by atoms with E-state index in [0.717, 1.165) is 27.9 Å². The van der Waals surface area contributed by atoms with Crippen LogP contribution < -0.4 is 16.0 Å². The zero-order valence-electron chi connectivity index (χ0n) is 16.2. The summed E-state index contributed by atoms with van der Waals surface area (Å²) in [6, 6.07) is 11.5. The van der Waals surface area contributed by atoms with E-state index in [1.54, 1.807) is 6.07 Å². The lowest BCUT2D eigenvalue weighted by Gasteiger charge is -2.15. The Morgan fingerprint density at radius 2 is 1.67 bits per heavy atom. The fourth-order valence-electron chi connectivity index (χ4n) is 2.94. The van der Waals surface area contributed by atoms with Gasteiger partial charge in [-0.25, -0.2) is 0 Å². The second-order valence-electron chi connectivity index (χ2n) is 6.76. The van der Waals surface area contributed by atoms with Crippen LogP contribution in [0.15, 0.2) is 36.4 Å². The van der Waals surface area contributed by atoms with E-state index >= 15 is 0 Å². The van der Waals surface area contributed by atoms with Gasteiger partial charge >= 0.3 is 0 Å². The predicted molar refractivity (Wildman–Crippen MR) is 110 cm³/mol. The Hall–Kier alpha value is -2.37. The summed E-state index contributed by atoms with van der Waals surface area (Å²) in [6.45, 7) is 7.92. The van der Waals surface area contributed by atoms with Gasteiger partial charge in [-0.2, -0.15) is 0 Å². The van der Waals surface area contributed by atoms with Gasteiger partial charge in [0.1, 0.15) is 0 Å². The van der Waals surface area contributed by atoms with Crippen LogP contribution in [0.25, 0.3) is 0 Å². The van der Waals surface area contributed by atoms with Crippen molar-refractivity contribution in [1.82, 2.24) is 10.6 Å². The summed E-state index contributed by atoms with van der Waals surface area (Å²) in [6.07, 6.45) is 0. The molecule has 5 nitrogen and oxygen atoms in total. The molecule has 0 bridgehead atoms. The molecule has 0 saturated carbocycles. The van der Waals surface area contributed by atoms with Gasteiger partial charge in [-0.05, 0) is 56.5 Å². The highest BCUT2D eigenvalue weighted by Crippen LogP contribution is 2.21. The number of carbonyl (C=O) groups is 2. The maximum absolute atomic E-state index is 12.1. The lowest BCUT2D eigenvalue weighted by atomic mass is 10.1. The molecule has 144 valence electrons. The summed E-state index contributed by atoms with van der Waals surface area (Å²) < 4.78 is 0. The lowest BCUT2D eigenvalue weighted by molar-refractivity contribution is -0.123. The number of hydrogen-bond acceptors (Lipinski definition) is 3. The molecule has 3 N–H and O–H groups in total. The van der Waals surface area contributed by atoms with Crippen LogP contribution in [0.5, 0.6) is 0 Å². The molecule has 0 aliphatic heterocycles. The van der Waals surface area contributed by atoms with Gasteiger partial charge in [0.2, 0.25) is 11.8 Å². The number of benzene rings is 2. The average Bonchev–Trinajstić information content (AvgIpc) is 2.60. The van der Waals surface area contributed by atoms with Crippen LogP contribution in [0, 0.1) is 20.8 Å². The van der Waals surface area contributed by atoms with Crippen LogP contribution >= 0.6 is 11.6 Å². The van der Waals surface area contributed by atoms with E-state index < -0.39 is 0 Å². The van der Waals surface area contributed by atoms with Crippen LogP contribution in [-0.2, 0) is 9.59 Å². The van der Waals surface area contributed by atoms with Crippen molar-refractivity contribution < 1.29 is 9.59 Å². The third-order valence-corrected chi connectivity index (χ3v) is 4.54. The number of halogens is 1. The topological polar surface area (TPSA) is 70.2 Å². The average molecular weight is 388 g/mol. The molecule has 0 aliphatic rings. The van der Waals surface area contributed by atoms with E-state index in [1.807, 2.05) is 58.0 Å². The molecule has 0 aromatic heterocycles. The highest BCUT2D eigenvalue weighted by molar-refractivity contribution is 6.30. The van der Waals surface area contributed by atoms with Gasteiger partial charge in [0, 0.05) is 16.8 Å². The Morgan fingerprint density at radius 1 is 1.00 bits per heavy atom. The largest absolute Gasteiger partial charge is 0.346 e.